The van der Waals surface area contributed by atoms with Crippen LogP contribution in [0.25, 0.3) is 0 Å². The summed E-state index contributed by atoms with van der Waals surface area (Å²) in [6, 6.07) is 1.04. The van der Waals surface area contributed by atoms with Crippen LogP contribution in [-0.2, 0) is 15.8 Å². The number of nitrogens with one attached hydrogen (secondary N) is 2. The lowest BCUT2D eigenvalue weighted by molar-refractivity contribution is -0.140. The molecule has 0 aromatic heterocycles. The van der Waals surface area contributed by atoms with E-state index in [2.05, 4.69) is 10.6 Å². The molecule has 1 amide bonds. The van der Waals surface area contributed by atoms with Gasteiger partial charge in [0, 0.05) is 5.02 Å². The van der Waals surface area contributed by atoms with Gasteiger partial charge < -0.3 is 10.4 Å². The van der Waals surface area contributed by atoms with E-state index in [1.807, 2.05) is 0 Å². The average Bonchev–Trinajstić information content (AvgIpc) is 2.47. The zero-order chi connectivity index (χ0) is 18.5. The third-order valence-corrected chi connectivity index (χ3v) is 3.50. The minimum absolute atomic E-state index is 0.111. The Hall–Kier alpha value is -1.80. The minimum Gasteiger partial charge on any atom is -0.480 e. The molecule has 1 rings (SSSR count). The first-order valence-corrected chi connectivity index (χ1v) is 7.60. The lowest BCUT2D eigenvalue weighted by Gasteiger charge is -2.20. The lowest BCUT2D eigenvalue weighted by Crippen LogP contribution is -2.47. The van der Waals surface area contributed by atoms with Crippen molar-refractivity contribution in [1.29, 1.82) is 0 Å². The van der Waals surface area contributed by atoms with Crippen LogP contribution in [0.1, 0.15) is 32.3 Å². The van der Waals surface area contributed by atoms with Crippen LogP contribution in [0.2, 0.25) is 5.02 Å². The third-order valence-electron chi connectivity index (χ3n) is 3.26. The van der Waals surface area contributed by atoms with E-state index in [1.54, 1.807) is 6.92 Å². The van der Waals surface area contributed by atoms with Gasteiger partial charge in [0.05, 0.1) is 17.3 Å². The Balaban J connectivity index is 2.89. The number of carboxylic acid groups (broad SMARTS) is 1. The quantitative estimate of drug-likeness (QED) is 0.689. The molecular formula is C15H18ClF3N2O3. The minimum atomic E-state index is -4.68. The van der Waals surface area contributed by atoms with Gasteiger partial charge >= 0.3 is 12.1 Å². The number of carbonyl (C=O) groups excluding carboxylic acids is 1. The van der Waals surface area contributed by atoms with Gasteiger partial charge in [-0.2, -0.15) is 13.2 Å². The predicted octanol–water partition coefficient (Wildman–Crippen LogP) is 3.53. The molecule has 0 saturated carbocycles. The maximum Gasteiger partial charge on any atom is 0.418 e. The van der Waals surface area contributed by atoms with Crippen molar-refractivity contribution < 1.29 is 27.9 Å². The van der Waals surface area contributed by atoms with Crippen molar-refractivity contribution in [2.24, 2.45) is 0 Å². The molecule has 5 nitrogen and oxygen atoms in total. The van der Waals surface area contributed by atoms with E-state index in [1.165, 1.54) is 13.0 Å². The maximum atomic E-state index is 13.0. The second-order valence-corrected chi connectivity index (χ2v) is 5.68. The molecule has 1 aromatic rings. The highest BCUT2D eigenvalue weighted by Crippen LogP contribution is 2.36. The van der Waals surface area contributed by atoms with Gasteiger partial charge in [-0.15, -0.1) is 0 Å². The molecule has 0 aliphatic carbocycles. The van der Waals surface area contributed by atoms with Crippen molar-refractivity contribution in [2.45, 2.75) is 44.9 Å². The van der Waals surface area contributed by atoms with Gasteiger partial charge in [-0.1, -0.05) is 24.9 Å². The van der Waals surface area contributed by atoms with Crippen molar-refractivity contribution >= 4 is 29.2 Å². The molecule has 3 N–H and O–H groups in total. The fourth-order valence-electron chi connectivity index (χ4n) is 2.05. The molecular weight excluding hydrogens is 349 g/mol. The zero-order valence-electron chi connectivity index (χ0n) is 13.1. The molecule has 0 saturated heterocycles. The topological polar surface area (TPSA) is 78.4 Å². The van der Waals surface area contributed by atoms with Crippen LogP contribution < -0.4 is 10.6 Å². The van der Waals surface area contributed by atoms with Gasteiger partial charge in [0.2, 0.25) is 5.91 Å². The van der Waals surface area contributed by atoms with Crippen molar-refractivity contribution in [3.63, 3.8) is 0 Å². The van der Waals surface area contributed by atoms with Crippen LogP contribution in [0.3, 0.4) is 0 Å². The molecule has 1 aromatic carbocycles. The van der Waals surface area contributed by atoms with Crippen LogP contribution in [0.5, 0.6) is 0 Å². The number of hydrogen-bond donors (Lipinski definition) is 3. The number of alkyl halides is 3. The Morgan fingerprint density at radius 1 is 1.33 bits per heavy atom. The van der Waals surface area contributed by atoms with Gasteiger partial charge in [0.1, 0.15) is 6.04 Å². The van der Waals surface area contributed by atoms with Gasteiger partial charge in [0.25, 0.3) is 0 Å². The van der Waals surface area contributed by atoms with E-state index in [4.69, 9.17) is 16.7 Å². The molecule has 0 bridgehead atoms. The first kappa shape index (κ1) is 20.2. The van der Waals surface area contributed by atoms with Crippen molar-refractivity contribution in [2.75, 3.05) is 5.32 Å². The number of anilines is 1. The second-order valence-electron chi connectivity index (χ2n) is 5.24. The Labute approximate surface area is 142 Å². The van der Waals surface area contributed by atoms with Crippen LogP contribution >= 0.6 is 11.6 Å². The monoisotopic (exact) mass is 366 g/mol. The van der Waals surface area contributed by atoms with E-state index >= 15 is 0 Å². The summed E-state index contributed by atoms with van der Waals surface area (Å²) >= 11 is 5.57. The van der Waals surface area contributed by atoms with Crippen LogP contribution in [0, 0.1) is 0 Å². The number of benzene rings is 1. The Bertz CT molecular complexity index is 608. The highest BCUT2D eigenvalue weighted by Gasteiger charge is 2.34. The van der Waals surface area contributed by atoms with Gasteiger partial charge in [0.15, 0.2) is 0 Å². The number of aliphatic carboxylic acids is 1. The average molecular weight is 367 g/mol. The number of hydrogen-bond acceptors (Lipinski definition) is 3. The largest absolute Gasteiger partial charge is 0.480 e. The molecule has 0 fully saturated rings. The number of amides is 1. The number of halogens is 4. The van der Waals surface area contributed by atoms with Gasteiger partial charge in [-0.05, 0) is 31.5 Å². The summed E-state index contributed by atoms with van der Waals surface area (Å²) in [5, 5.41) is 13.7. The number of rotatable bonds is 7. The highest BCUT2D eigenvalue weighted by atomic mass is 35.5. The third kappa shape index (κ3) is 5.68. The Morgan fingerprint density at radius 3 is 2.46 bits per heavy atom. The number of carboxylic acids is 1. The maximum absolute atomic E-state index is 13.0. The van der Waals surface area contributed by atoms with E-state index in [0.29, 0.717) is 18.9 Å². The van der Waals surface area contributed by atoms with E-state index in [-0.39, 0.29) is 5.02 Å². The Morgan fingerprint density at radius 2 is 1.96 bits per heavy atom. The second kappa shape index (κ2) is 8.34. The summed E-state index contributed by atoms with van der Waals surface area (Å²) in [7, 11) is 0. The molecule has 134 valence electrons. The predicted molar refractivity (Wildman–Crippen MR) is 84.0 cm³/mol. The molecule has 24 heavy (non-hydrogen) atoms. The first-order chi connectivity index (χ1) is 11.1. The highest BCUT2D eigenvalue weighted by molar-refractivity contribution is 6.30. The zero-order valence-corrected chi connectivity index (χ0v) is 13.8. The molecule has 0 heterocycles. The van der Waals surface area contributed by atoms with E-state index in [9.17, 15) is 22.8 Å². The van der Waals surface area contributed by atoms with Crippen molar-refractivity contribution in [3.05, 3.63) is 28.8 Å². The van der Waals surface area contributed by atoms with Gasteiger partial charge in [-0.3, -0.25) is 14.9 Å². The standard InChI is InChI=1S/C15H18ClF3N2O3/c1-3-4-12(14(23)24)20-8(2)13(22)21-11-6-5-9(16)7-10(11)15(17,18)19/h5-8,12,20H,3-4H2,1-2H3,(H,21,22)(H,23,24). The smallest absolute Gasteiger partial charge is 0.418 e. The fourth-order valence-corrected chi connectivity index (χ4v) is 2.22. The normalized spacial score (nSPS) is 14.1. The summed E-state index contributed by atoms with van der Waals surface area (Å²) in [6.45, 7) is 3.16. The number of carbonyl (C=O) groups is 2. The Kier molecular flexibility index (Phi) is 7.04. The summed E-state index contributed by atoms with van der Waals surface area (Å²) in [6.07, 6.45) is -3.81. The first-order valence-electron chi connectivity index (χ1n) is 7.22. The SMILES string of the molecule is CCCC(NC(C)C(=O)Nc1ccc(Cl)cc1C(F)(F)F)C(=O)O. The van der Waals surface area contributed by atoms with Crippen LogP contribution in [-0.4, -0.2) is 29.1 Å². The molecule has 2 atom stereocenters. The summed E-state index contributed by atoms with van der Waals surface area (Å²) < 4.78 is 39.0. The van der Waals surface area contributed by atoms with Crippen molar-refractivity contribution in [1.82, 2.24) is 5.32 Å². The van der Waals surface area contributed by atoms with Crippen LogP contribution in [0.15, 0.2) is 18.2 Å². The van der Waals surface area contributed by atoms with E-state index < -0.39 is 41.4 Å². The van der Waals surface area contributed by atoms with Crippen molar-refractivity contribution in [3.8, 4) is 0 Å². The summed E-state index contributed by atoms with van der Waals surface area (Å²) in [5.74, 6) is -1.90. The lowest BCUT2D eigenvalue weighted by atomic mass is 10.1. The molecule has 2 unspecified atom stereocenters. The molecule has 0 radical (unpaired) electrons. The summed E-state index contributed by atoms with van der Waals surface area (Å²) in [5.41, 5.74) is -1.51. The molecule has 0 aliphatic rings. The fraction of sp³-hybridized carbons (Fsp3) is 0.467. The van der Waals surface area contributed by atoms with E-state index in [0.717, 1.165) is 6.07 Å². The summed E-state index contributed by atoms with van der Waals surface area (Å²) in [4.78, 5) is 23.1. The van der Waals surface area contributed by atoms with Gasteiger partial charge in [-0.25, -0.2) is 0 Å². The molecule has 0 aliphatic heterocycles. The molecule has 0 spiro atoms. The van der Waals surface area contributed by atoms with Crippen LogP contribution in [0.4, 0.5) is 18.9 Å². The molecule has 9 heteroatoms.